The first-order chi connectivity index (χ1) is 14.5. The second-order valence-electron chi connectivity index (χ2n) is 8.30. The standard InChI is InChI=1S/C25H33NO4/c1-4-5-6-7-8-9-12-19-15-16-21(26-17-19)20-13-10-11-14-22(20)29-24(27)23-18-28-25(2,3)30-23/h10-11,13-17,23H,4-9,12,18H2,1-3H3/t23-/m1/s1. The molecule has 1 aliphatic rings. The first-order valence-corrected chi connectivity index (χ1v) is 11.1. The SMILES string of the molecule is CCCCCCCCc1ccc(-c2ccccc2OC(=O)[C@H]2COC(C)(C)O2)nc1. The zero-order valence-electron chi connectivity index (χ0n) is 18.4. The molecule has 0 bridgehead atoms. The zero-order valence-corrected chi connectivity index (χ0v) is 18.4. The first-order valence-electron chi connectivity index (χ1n) is 11.1. The van der Waals surface area contributed by atoms with Gasteiger partial charge in [-0.05, 0) is 50.5 Å². The average molecular weight is 412 g/mol. The van der Waals surface area contributed by atoms with E-state index in [1.165, 1.54) is 44.1 Å². The van der Waals surface area contributed by atoms with Crippen molar-refractivity contribution in [3.05, 3.63) is 48.2 Å². The van der Waals surface area contributed by atoms with Crippen molar-refractivity contribution in [3.63, 3.8) is 0 Å². The summed E-state index contributed by atoms with van der Waals surface area (Å²) in [4.78, 5) is 17.1. The third-order valence-electron chi connectivity index (χ3n) is 5.29. The molecule has 1 aromatic heterocycles. The second kappa shape index (κ2) is 10.7. The molecule has 0 aliphatic carbocycles. The van der Waals surface area contributed by atoms with Gasteiger partial charge in [0.15, 0.2) is 11.9 Å². The van der Waals surface area contributed by atoms with Gasteiger partial charge in [0.1, 0.15) is 5.75 Å². The van der Waals surface area contributed by atoms with E-state index >= 15 is 0 Å². The Morgan fingerprint density at radius 3 is 2.57 bits per heavy atom. The number of carbonyl (C=O) groups excluding carboxylic acids is 1. The molecule has 2 heterocycles. The van der Waals surface area contributed by atoms with Gasteiger partial charge in [0.25, 0.3) is 0 Å². The Balaban J connectivity index is 1.59. The van der Waals surface area contributed by atoms with Crippen molar-refractivity contribution in [1.82, 2.24) is 4.98 Å². The Labute approximate surface area is 179 Å². The van der Waals surface area contributed by atoms with E-state index in [0.717, 1.165) is 17.7 Å². The number of hydrogen-bond acceptors (Lipinski definition) is 5. The van der Waals surface area contributed by atoms with Gasteiger partial charge in [-0.3, -0.25) is 4.98 Å². The molecular formula is C25H33NO4. The predicted octanol–water partition coefficient (Wildman–Crippen LogP) is 5.71. The molecule has 1 aliphatic heterocycles. The normalized spacial score (nSPS) is 17.8. The van der Waals surface area contributed by atoms with Crippen LogP contribution in [-0.2, 0) is 20.7 Å². The highest BCUT2D eigenvalue weighted by atomic mass is 16.8. The number of ether oxygens (including phenoxy) is 3. The Hall–Kier alpha value is -2.24. The molecule has 2 aromatic rings. The Kier molecular flexibility index (Phi) is 8.00. The summed E-state index contributed by atoms with van der Waals surface area (Å²) in [6.07, 6.45) is 9.97. The van der Waals surface area contributed by atoms with Crippen LogP contribution in [0.1, 0.15) is 64.9 Å². The molecule has 5 heteroatoms. The monoisotopic (exact) mass is 411 g/mol. The van der Waals surface area contributed by atoms with Crippen LogP contribution in [0.4, 0.5) is 0 Å². The Bertz CT molecular complexity index is 816. The van der Waals surface area contributed by atoms with Crippen molar-refractivity contribution >= 4 is 5.97 Å². The highest BCUT2D eigenvalue weighted by Crippen LogP contribution is 2.30. The molecule has 162 valence electrons. The second-order valence-corrected chi connectivity index (χ2v) is 8.30. The lowest BCUT2D eigenvalue weighted by Crippen LogP contribution is -2.30. The van der Waals surface area contributed by atoms with E-state index in [0.29, 0.717) is 5.75 Å². The number of pyridine rings is 1. The topological polar surface area (TPSA) is 57.7 Å². The van der Waals surface area contributed by atoms with Crippen LogP contribution in [0.3, 0.4) is 0 Å². The van der Waals surface area contributed by atoms with Crippen LogP contribution in [0.5, 0.6) is 5.75 Å². The minimum absolute atomic E-state index is 0.194. The number of nitrogens with zero attached hydrogens (tertiary/aromatic N) is 1. The van der Waals surface area contributed by atoms with Crippen LogP contribution in [0.25, 0.3) is 11.3 Å². The number of unbranched alkanes of at least 4 members (excludes halogenated alkanes) is 5. The minimum atomic E-state index is -0.767. The number of benzene rings is 1. The number of hydrogen-bond donors (Lipinski definition) is 0. The molecule has 1 aromatic carbocycles. The van der Waals surface area contributed by atoms with Gasteiger partial charge in [-0.25, -0.2) is 4.79 Å². The molecule has 1 saturated heterocycles. The van der Waals surface area contributed by atoms with E-state index in [2.05, 4.69) is 18.0 Å². The summed E-state index contributed by atoms with van der Waals surface area (Å²) in [6, 6.07) is 11.6. The van der Waals surface area contributed by atoms with E-state index in [4.69, 9.17) is 14.2 Å². The number of rotatable bonds is 10. The Morgan fingerprint density at radius 1 is 1.10 bits per heavy atom. The lowest BCUT2D eigenvalue weighted by Gasteiger charge is -2.17. The molecule has 1 atom stereocenters. The summed E-state index contributed by atoms with van der Waals surface area (Å²) in [7, 11) is 0. The summed E-state index contributed by atoms with van der Waals surface area (Å²) in [5.74, 6) is -0.740. The highest BCUT2D eigenvalue weighted by molar-refractivity contribution is 5.80. The van der Waals surface area contributed by atoms with Gasteiger partial charge >= 0.3 is 5.97 Å². The van der Waals surface area contributed by atoms with Gasteiger partial charge < -0.3 is 14.2 Å². The number of carbonyl (C=O) groups is 1. The maximum atomic E-state index is 12.5. The quantitative estimate of drug-likeness (QED) is 0.285. The van der Waals surface area contributed by atoms with E-state index in [-0.39, 0.29) is 6.61 Å². The van der Waals surface area contributed by atoms with Crippen LogP contribution in [0.2, 0.25) is 0 Å². The van der Waals surface area contributed by atoms with E-state index in [1.54, 1.807) is 19.9 Å². The molecule has 30 heavy (non-hydrogen) atoms. The first kappa shape index (κ1) is 22.4. The van der Waals surface area contributed by atoms with Gasteiger partial charge in [0, 0.05) is 11.8 Å². The molecule has 0 radical (unpaired) electrons. The van der Waals surface area contributed by atoms with Crippen molar-refractivity contribution in [2.45, 2.75) is 77.6 Å². The van der Waals surface area contributed by atoms with Gasteiger partial charge in [0.2, 0.25) is 0 Å². The summed E-state index contributed by atoms with van der Waals surface area (Å²) in [5, 5.41) is 0. The lowest BCUT2D eigenvalue weighted by atomic mass is 10.0. The number of aromatic nitrogens is 1. The van der Waals surface area contributed by atoms with Crippen LogP contribution >= 0.6 is 0 Å². The largest absolute Gasteiger partial charge is 0.424 e. The summed E-state index contributed by atoms with van der Waals surface area (Å²) >= 11 is 0. The molecule has 0 amide bonds. The van der Waals surface area contributed by atoms with Crippen molar-refractivity contribution in [1.29, 1.82) is 0 Å². The van der Waals surface area contributed by atoms with Gasteiger partial charge in [0.05, 0.1) is 12.3 Å². The molecule has 3 rings (SSSR count). The third-order valence-corrected chi connectivity index (χ3v) is 5.29. The zero-order chi connectivity index (χ0) is 21.4. The fourth-order valence-electron chi connectivity index (χ4n) is 3.59. The smallest absolute Gasteiger partial charge is 0.343 e. The summed E-state index contributed by atoms with van der Waals surface area (Å²) in [6.45, 7) is 6.00. The fraction of sp³-hybridized carbons (Fsp3) is 0.520. The van der Waals surface area contributed by atoms with Gasteiger partial charge in [-0.2, -0.15) is 0 Å². The fourth-order valence-corrected chi connectivity index (χ4v) is 3.59. The highest BCUT2D eigenvalue weighted by Gasteiger charge is 2.38. The third kappa shape index (κ3) is 6.38. The van der Waals surface area contributed by atoms with Crippen LogP contribution < -0.4 is 4.74 Å². The van der Waals surface area contributed by atoms with E-state index in [1.807, 2.05) is 30.5 Å². The van der Waals surface area contributed by atoms with Crippen LogP contribution in [-0.4, -0.2) is 29.5 Å². The van der Waals surface area contributed by atoms with Crippen molar-refractivity contribution in [2.75, 3.05) is 6.61 Å². The maximum absolute atomic E-state index is 12.5. The predicted molar refractivity (Wildman–Crippen MR) is 117 cm³/mol. The summed E-state index contributed by atoms with van der Waals surface area (Å²) < 4.78 is 16.7. The van der Waals surface area contributed by atoms with Gasteiger partial charge in [-0.15, -0.1) is 0 Å². The maximum Gasteiger partial charge on any atom is 0.343 e. The van der Waals surface area contributed by atoms with Crippen molar-refractivity contribution in [2.24, 2.45) is 0 Å². The number of esters is 1. The van der Waals surface area contributed by atoms with Crippen molar-refractivity contribution < 1.29 is 19.0 Å². The number of para-hydroxylation sites is 1. The molecule has 5 nitrogen and oxygen atoms in total. The minimum Gasteiger partial charge on any atom is -0.424 e. The number of aryl methyl sites for hydroxylation is 1. The molecule has 0 N–H and O–H groups in total. The van der Waals surface area contributed by atoms with Gasteiger partial charge in [-0.1, -0.05) is 57.2 Å². The molecular weight excluding hydrogens is 378 g/mol. The summed E-state index contributed by atoms with van der Waals surface area (Å²) in [5.41, 5.74) is 2.81. The average Bonchev–Trinajstić information content (AvgIpc) is 3.11. The van der Waals surface area contributed by atoms with Crippen molar-refractivity contribution in [3.8, 4) is 17.0 Å². The molecule has 0 saturated carbocycles. The molecule has 0 spiro atoms. The van der Waals surface area contributed by atoms with E-state index < -0.39 is 17.9 Å². The van der Waals surface area contributed by atoms with Crippen LogP contribution in [0, 0.1) is 0 Å². The lowest BCUT2D eigenvalue weighted by molar-refractivity contribution is -0.162. The Morgan fingerprint density at radius 2 is 1.87 bits per heavy atom. The van der Waals surface area contributed by atoms with Crippen LogP contribution in [0.15, 0.2) is 42.6 Å². The van der Waals surface area contributed by atoms with E-state index in [9.17, 15) is 4.79 Å². The molecule has 1 fully saturated rings. The molecule has 0 unspecified atom stereocenters.